The molecule has 2 aromatic heterocycles. The van der Waals surface area contributed by atoms with Gasteiger partial charge in [-0.2, -0.15) is 0 Å². The van der Waals surface area contributed by atoms with Gasteiger partial charge < -0.3 is 22.1 Å². The lowest BCUT2D eigenvalue weighted by Crippen LogP contribution is -2.19. The Bertz CT molecular complexity index is 1610. The molecule has 178 valence electrons. The average molecular weight is 494 g/mol. The Morgan fingerprint density at radius 3 is 2.36 bits per heavy atom. The van der Waals surface area contributed by atoms with Crippen molar-refractivity contribution in [2.75, 3.05) is 16.4 Å². The van der Waals surface area contributed by atoms with Crippen LogP contribution in [-0.2, 0) is 0 Å². The number of aryl methyl sites for hydroxylation is 1. The number of pyridine rings is 1. The number of carbonyl (C=O) groups is 2. The summed E-state index contributed by atoms with van der Waals surface area (Å²) in [5.41, 5.74) is 18.3. The van der Waals surface area contributed by atoms with E-state index in [9.17, 15) is 9.59 Å². The minimum atomic E-state index is -0.482. The zero-order chi connectivity index (χ0) is 25.2. The Labute approximate surface area is 211 Å². The number of urea groups is 1. The normalized spacial score (nSPS) is 10.8. The Hall–Kier alpha value is -4.69. The summed E-state index contributed by atoms with van der Waals surface area (Å²) < 4.78 is 0.971. The molecule has 0 aliphatic heterocycles. The van der Waals surface area contributed by atoms with Gasteiger partial charge in [0.05, 0.1) is 0 Å². The molecule has 0 unspecified atom stereocenters. The summed E-state index contributed by atoms with van der Waals surface area (Å²) >= 11 is 1.56. The fourth-order valence-corrected chi connectivity index (χ4v) is 5.19. The van der Waals surface area contributed by atoms with Gasteiger partial charge >= 0.3 is 6.03 Å². The summed E-state index contributed by atoms with van der Waals surface area (Å²) in [4.78, 5) is 28.5. The fourth-order valence-electron chi connectivity index (χ4n) is 4.08. The Morgan fingerprint density at radius 1 is 0.861 bits per heavy atom. The summed E-state index contributed by atoms with van der Waals surface area (Å²) in [7, 11) is 0. The maximum absolute atomic E-state index is 12.4. The van der Waals surface area contributed by atoms with Crippen LogP contribution < -0.4 is 22.1 Å². The molecule has 0 saturated carbocycles. The third-order valence-electron chi connectivity index (χ3n) is 5.81. The molecule has 3 aromatic carbocycles. The monoisotopic (exact) mass is 493 g/mol. The summed E-state index contributed by atoms with van der Waals surface area (Å²) in [5.74, 6) is -0.0552. The second-order valence-electron chi connectivity index (χ2n) is 8.38. The number of amides is 3. The minimum absolute atomic E-state index is 0.314. The first kappa shape index (κ1) is 23.1. The predicted molar refractivity (Wildman–Crippen MR) is 147 cm³/mol. The van der Waals surface area contributed by atoms with Gasteiger partial charge in [-0.3, -0.25) is 4.79 Å². The molecule has 0 spiro atoms. The van der Waals surface area contributed by atoms with E-state index in [-0.39, 0.29) is 6.03 Å². The topological polar surface area (TPSA) is 123 Å². The molecule has 6 N–H and O–H groups in total. The number of hydrogen-bond donors (Lipinski definition) is 4. The highest BCUT2D eigenvalue weighted by molar-refractivity contribution is 7.18. The molecule has 0 atom stereocenters. The zero-order valence-electron chi connectivity index (χ0n) is 19.4. The van der Waals surface area contributed by atoms with Crippen LogP contribution in [-0.4, -0.2) is 16.9 Å². The number of anilines is 3. The van der Waals surface area contributed by atoms with Gasteiger partial charge in [0.1, 0.15) is 5.82 Å². The molecule has 3 amide bonds. The molecule has 8 heteroatoms. The molecule has 0 aliphatic carbocycles. The molecule has 36 heavy (non-hydrogen) atoms. The number of hydrogen-bond acceptors (Lipinski definition) is 5. The van der Waals surface area contributed by atoms with E-state index in [1.807, 2.05) is 66.9 Å². The largest absolute Gasteiger partial charge is 0.383 e. The Morgan fingerprint density at radius 2 is 1.61 bits per heavy atom. The van der Waals surface area contributed by atoms with E-state index in [1.165, 1.54) is 0 Å². The van der Waals surface area contributed by atoms with E-state index >= 15 is 0 Å². The van der Waals surface area contributed by atoms with Crippen molar-refractivity contribution in [1.29, 1.82) is 0 Å². The van der Waals surface area contributed by atoms with E-state index in [2.05, 4.69) is 15.6 Å². The second-order valence-corrected chi connectivity index (χ2v) is 9.26. The van der Waals surface area contributed by atoms with Crippen molar-refractivity contribution in [1.82, 2.24) is 4.98 Å². The highest BCUT2D eigenvalue weighted by atomic mass is 32.1. The molecule has 7 nitrogen and oxygen atoms in total. The van der Waals surface area contributed by atoms with E-state index in [0.717, 1.165) is 43.6 Å². The van der Waals surface area contributed by atoms with Gasteiger partial charge in [-0.15, -0.1) is 11.3 Å². The van der Waals surface area contributed by atoms with Crippen LogP contribution in [0, 0.1) is 6.92 Å². The van der Waals surface area contributed by atoms with Gasteiger partial charge in [-0.25, -0.2) is 9.78 Å². The molecule has 5 aromatic rings. The smallest absolute Gasteiger partial charge is 0.323 e. The van der Waals surface area contributed by atoms with Gasteiger partial charge in [0, 0.05) is 44.3 Å². The lowest BCUT2D eigenvalue weighted by atomic mass is 10.00. The van der Waals surface area contributed by atoms with Crippen LogP contribution in [0.3, 0.4) is 0 Å². The first-order valence-electron chi connectivity index (χ1n) is 11.2. The number of thiophene rings is 1. The lowest BCUT2D eigenvalue weighted by Gasteiger charge is -2.10. The molecule has 0 fully saturated rings. The van der Waals surface area contributed by atoms with Crippen LogP contribution in [0.4, 0.5) is 22.0 Å². The van der Waals surface area contributed by atoms with Gasteiger partial charge in [0.15, 0.2) is 0 Å². The number of nitrogens with two attached hydrogens (primary N) is 2. The van der Waals surface area contributed by atoms with Gasteiger partial charge in [-0.1, -0.05) is 36.4 Å². The highest BCUT2D eigenvalue weighted by Crippen LogP contribution is 2.42. The van der Waals surface area contributed by atoms with Crippen molar-refractivity contribution in [2.24, 2.45) is 5.73 Å². The quantitative estimate of drug-likeness (QED) is 0.231. The SMILES string of the molecule is Cc1cccc(NC(=O)Nc2ccc(-c3csc4c(-c5cccc(C(N)=O)c5)cnc(N)c34)cc2)c1. The van der Waals surface area contributed by atoms with Crippen molar-refractivity contribution in [3.05, 3.63) is 95.5 Å². The number of rotatable bonds is 5. The van der Waals surface area contributed by atoms with E-state index in [4.69, 9.17) is 11.5 Å². The number of nitrogens with one attached hydrogen (secondary N) is 2. The molecule has 0 aliphatic rings. The minimum Gasteiger partial charge on any atom is -0.383 e. The number of fused-ring (bicyclic) bond motifs is 1. The standard InChI is InChI=1S/C28H23N5O2S/c1-16-4-2-7-21(12-16)33-28(35)32-20-10-8-17(9-11-20)23-15-36-25-22(14-31-26(29)24(23)25)18-5-3-6-19(13-18)27(30)34/h2-15H,1H3,(H2,29,31)(H2,30,34)(H2,32,33,35). The molecular formula is C28H23N5O2S. The van der Waals surface area contributed by atoms with Crippen LogP contribution in [0.15, 0.2) is 84.4 Å². The maximum Gasteiger partial charge on any atom is 0.323 e. The van der Waals surface area contributed by atoms with Crippen molar-refractivity contribution in [3.8, 4) is 22.3 Å². The molecule has 0 bridgehead atoms. The van der Waals surface area contributed by atoms with Crippen LogP contribution in [0.5, 0.6) is 0 Å². The van der Waals surface area contributed by atoms with E-state index < -0.39 is 5.91 Å². The van der Waals surface area contributed by atoms with Crippen LogP contribution in [0.2, 0.25) is 0 Å². The summed E-state index contributed by atoms with van der Waals surface area (Å²) in [5, 5.41) is 8.58. The van der Waals surface area contributed by atoms with Crippen LogP contribution in [0.25, 0.3) is 32.3 Å². The molecule has 2 heterocycles. The average Bonchev–Trinajstić information content (AvgIpc) is 3.31. The first-order chi connectivity index (χ1) is 17.4. The zero-order valence-corrected chi connectivity index (χ0v) is 20.2. The summed E-state index contributed by atoms with van der Waals surface area (Å²) in [6.45, 7) is 1.97. The lowest BCUT2D eigenvalue weighted by molar-refractivity contribution is 0.100. The third-order valence-corrected chi connectivity index (χ3v) is 6.83. The number of primary amides is 1. The van der Waals surface area contributed by atoms with Gasteiger partial charge in [0.2, 0.25) is 5.91 Å². The summed E-state index contributed by atoms with van der Waals surface area (Å²) in [6.07, 6.45) is 1.72. The molecular weight excluding hydrogens is 470 g/mol. The van der Waals surface area contributed by atoms with Gasteiger partial charge in [0.25, 0.3) is 0 Å². The second kappa shape index (κ2) is 9.52. The van der Waals surface area contributed by atoms with Crippen LogP contribution in [0.1, 0.15) is 15.9 Å². The van der Waals surface area contributed by atoms with Crippen molar-refractivity contribution >= 4 is 50.6 Å². The van der Waals surface area contributed by atoms with Crippen molar-refractivity contribution in [2.45, 2.75) is 6.92 Å². The third kappa shape index (κ3) is 4.62. The van der Waals surface area contributed by atoms with E-state index in [0.29, 0.717) is 17.1 Å². The molecule has 5 rings (SSSR count). The number of nitrogens with zero attached hydrogens (tertiary/aromatic N) is 1. The number of benzene rings is 3. The first-order valence-corrected chi connectivity index (χ1v) is 12.1. The number of aromatic nitrogens is 1. The summed E-state index contributed by atoms with van der Waals surface area (Å²) in [6, 6.07) is 22.0. The maximum atomic E-state index is 12.4. The molecule has 0 saturated heterocycles. The van der Waals surface area contributed by atoms with Gasteiger partial charge in [-0.05, 0) is 65.4 Å². The molecule has 0 radical (unpaired) electrons. The Balaban J connectivity index is 1.42. The van der Waals surface area contributed by atoms with Crippen LogP contribution >= 0.6 is 11.3 Å². The predicted octanol–water partition coefficient (Wildman–Crippen LogP) is 6.26. The fraction of sp³-hybridized carbons (Fsp3) is 0.0357. The Kier molecular flexibility index (Phi) is 6.10. The van der Waals surface area contributed by atoms with Crippen molar-refractivity contribution in [3.63, 3.8) is 0 Å². The number of carbonyl (C=O) groups excluding carboxylic acids is 2. The highest BCUT2D eigenvalue weighted by Gasteiger charge is 2.16. The van der Waals surface area contributed by atoms with E-state index in [1.54, 1.807) is 35.7 Å². The van der Waals surface area contributed by atoms with Crippen molar-refractivity contribution < 1.29 is 9.59 Å². The number of nitrogen functional groups attached to an aromatic ring is 1.